The van der Waals surface area contributed by atoms with Crippen LogP contribution < -0.4 is 10.6 Å². The number of amides is 3. The van der Waals surface area contributed by atoms with Gasteiger partial charge in [-0.15, -0.1) is 0 Å². The zero-order chi connectivity index (χ0) is 17.5. The molecule has 0 bridgehead atoms. The fourth-order valence-electron chi connectivity index (χ4n) is 3.20. The molecule has 1 fully saturated rings. The van der Waals surface area contributed by atoms with E-state index in [0.717, 1.165) is 25.8 Å². The van der Waals surface area contributed by atoms with Crippen molar-refractivity contribution in [3.05, 3.63) is 60.1 Å². The molecule has 1 aliphatic heterocycles. The number of imide groups is 1. The van der Waals surface area contributed by atoms with E-state index in [1.54, 1.807) is 18.4 Å². The molecule has 0 radical (unpaired) electrons. The molecule has 6 heteroatoms. The minimum absolute atomic E-state index is 0.242. The lowest BCUT2D eigenvalue weighted by Gasteiger charge is -2.23. The molecule has 1 aliphatic rings. The molecule has 0 aliphatic carbocycles. The Hall–Kier alpha value is -2.60. The van der Waals surface area contributed by atoms with Crippen LogP contribution in [0, 0.1) is 0 Å². The fraction of sp³-hybridized carbons (Fsp3) is 0.368. The molecule has 2 heterocycles. The molecule has 1 aromatic carbocycles. The van der Waals surface area contributed by atoms with Crippen molar-refractivity contribution in [1.29, 1.82) is 0 Å². The van der Waals surface area contributed by atoms with Gasteiger partial charge < -0.3 is 9.73 Å². The maximum Gasteiger partial charge on any atom is 0.321 e. The molecule has 1 saturated heterocycles. The average molecular weight is 341 g/mol. The van der Waals surface area contributed by atoms with Crippen molar-refractivity contribution in [2.45, 2.75) is 31.8 Å². The molecule has 2 N–H and O–H groups in total. The van der Waals surface area contributed by atoms with E-state index in [2.05, 4.69) is 27.7 Å². The first-order chi connectivity index (χ1) is 12.2. The number of carbonyl (C=O) groups is 2. The Morgan fingerprint density at radius 1 is 1.16 bits per heavy atom. The van der Waals surface area contributed by atoms with Crippen LogP contribution in [0.1, 0.15) is 24.2 Å². The van der Waals surface area contributed by atoms with Crippen LogP contribution in [0.5, 0.6) is 0 Å². The second kappa shape index (κ2) is 8.48. The van der Waals surface area contributed by atoms with E-state index < -0.39 is 6.03 Å². The van der Waals surface area contributed by atoms with Gasteiger partial charge in [-0.1, -0.05) is 30.3 Å². The van der Waals surface area contributed by atoms with E-state index in [1.807, 2.05) is 18.2 Å². The standard InChI is InChI=1S/C19H23N3O3/c23-18(21-19(24)20-13-17-9-5-11-25-17)14-22-10-4-8-16(22)12-15-6-2-1-3-7-15/h1-3,5-7,9,11,16H,4,8,10,12-14H2,(H2,20,21,23,24). The van der Waals surface area contributed by atoms with E-state index in [9.17, 15) is 9.59 Å². The minimum Gasteiger partial charge on any atom is -0.467 e. The molecule has 3 amide bonds. The topological polar surface area (TPSA) is 74.6 Å². The molecular formula is C19H23N3O3. The number of hydrogen-bond donors (Lipinski definition) is 2. The van der Waals surface area contributed by atoms with Crippen LogP contribution in [0.15, 0.2) is 53.1 Å². The van der Waals surface area contributed by atoms with E-state index in [-0.39, 0.29) is 19.0 Å². The van der Waals surface area contributed by atoms with E-state index in [0.29, 0.717) is 11.8 Å². The summed E-state index contributed by atoms with van der Waals surface area (Å²) in [4.78, 5) is 26.1. The van der Waals surface area contributed by atoms with Crippen molar-refractivity contribution in [2.24, 2.45) is 0 Å². The Morgan fingerprint density at radius 3 is 2.76 bits per heavy atom. The molecule has 0 saturated carbocycles. The fourth-order valence-corrected chi connectivity index (χ4v) is 3.20. The summed E-state index contributed by atoms with van der Waals surface area (Å²) in [6.45, 7) is 1.39. The molecule has 0 spiro atoms. The molecule has 1 aromatic heterocycles. The van der Waals surface area contributed by atoms with Crippen LogP contribution in [-0.4, -0.2) is 36.0 Å². The zero-order valence-electron chi connectivity index (χ0n) is 14.1. The Balaban J connectivity index is 1.44. The Morgan fingerprint density at radius 2 is 2.00 bits per heavy atom. The van der Waals surface area contributed by atoms with Crippen molar-refractivity contribution in [1.82, 2.24) is 15.5 Å². The highest BCUT2D eigenvalue weighted by Gasteiger charge is 2.26. The third-order valence-corrected chi connectivity index (χ3v) is 4.42. The molecule has 1 unspecified atom stereocenters. The number of likely N-dealkylation sites (tertiary alicyclic amines) is 1. The highest BCUT2D eigenvalue weighted by molar-refractivity contribution is 5.95. The van der Waals surface area contributed by atoms with Crippen LogP contribution in [0.3, 0.4) is 0 Å². The molecule has 2 aromatic rings. The molecule has 3 rings (SSSR count). The molecule has 132 valence electrons. The number of nitrogens with one attached hydrogen (secondary N) is 2. The SMILES string of the molecule is O=C(CN1CCCC1Cc1ccccc1)NC(=O)NCc1ccco1. The number of hydrogen-bond acceptors (Lipinski definition) is 4. The van der Waals surface area contributed by atoms with Gasteiger partial charge in [0.1, 0.15) is 5.76 Å². The van der Waals surface area contributed by atoms with Crippen molar-refractivity contribution < 1.29 is 14.0 Å². The monoisotopic (exact) mass is 341 g/mol. The van der Waals surface area contributed by atoms with Gasteiger partial charge in [0.15, 0.2) is 0 Å². The molecule has 25 heavy (non-hydrogen) atoms. The lowest BCUT2D eigenvalue weighted by molar-refractivity contribution is -0.121. The zero-order valence-corrected chi connectivity index (χ0v) is 14.1. The summed E-state index contributed by atoms with van der Waals surface area (Å²) < 4.78 is 5.13. The molecule has 1 atom stereocenters. The van der Waals surface area contributed by atoms with Gasteiger partial charge in [-0.25, -0.2) is 4.79 Å². The summed E-state index contributed by atoms with van der Waals surface area (Å²) in [5.74, 6) is 0.363. The van der Waals surface area contributed by atoms with Gasteiger partial charge in [0.25, 0.3) is 0 Å². The van der Waals surface area contributed by atoms with Gasteiger partial charge in [0.2, 0.25) is 5.91 Å². The second-order valence-corrected chi connectivity index (χ2v) is 6.27. The smallest absolute Gasteiger partial charge is 0.321 e. The molecular weight excluding hydrogens is 318 g/mol. The van der Waals surface area contributed by atoms with Crippen molar-refractivity contribution in [3.8, 4) is 0 Å². The maximum absolute atomic E-state index is 12.1. The highest BCUT2D eigenvalue weighted by Crippen LogP contribution is 2.20. The van der Waals surface area contributed by atoms with Gasteiger partial charge in [-0.2, -0.15) is 0 Å². The van der Waals surface area contributed by atoms with Gasteiger partial charge in [0, 0.05) is 6.04 Å². The minimum atomic E-state index is -0.500. The Bertz CT molecular complexity index is 685. The Kier molecular flexibility index (Phi) is 5.85. The number of furan rings is 1. The average Bonchev–Trinajstić information content (AvgIpc) is 3.26. The summed E-state index contributed by atoms with van der Waals surface area (Å²) in [6.07, 6.45) is 4.63. The van der Waals surface area contributed by atoms with E-state index >= 15 is 0 Å². The highest BCUT2D eigenvalue weighted by atomic mass is 16.3. The lowest BCUT2D eigenvalue weighted by Crippen LogP contribution is -2.45. The van der Waals surface area contributed by atoms with Crippen LogP contribution in [0.2, 0.25) is 0 Å². The van der Waals surface area contributed by atoms with Crippen LogP contribution in [0.25, 0.3) is 0 Å². The number of rotatable bonds is 6. The van der Waals surface area contributed by atoms with Crippen molar-refractivity contribution in [3.63, 3.8) is 0 Å². The van der Waals surface area contributed by atoms with Gasteiger partial charge in [0.05, 0.1) is 19.4 Å². The third kappa shape index (κ3) is 5.19. The normalized spacial score (nSPS) is 17.4. The summed E-state index contributed by atoms with van der Waals surface area (Å²) in [6, 6.07) is 13.7. The quantitative estimate of drug-likeness (QED) is 0.845. The summed E-state index contributed by atoms with van der Waals surface area (Å²) in [5.41, 5.74) is 1.27. The number of carbonyl (C=O) groups excluding carboxylic acids is 2. The van der Waals surface area contributed by atoms with Crippen molar-refractivity contribution >= 4 is 11.9 Å². The van der Waals surface area contributed by atoms with Crippen LogP contribution in [0.4, 0.5) is 4.79 Å². The second-order valence-electron chi connectivity index (χ2n) is 6.27. The lowest BCUT2D eigenvalue weighted by atomic mass is 10.0. The summed E-state index contributed by atoms with van der Waals surface area (Å²) in [5, 5.41) is 4.99. The number of urea groups is 1. The molecule has 6 nitrogen and oxygen atoms in total. The van der Waals surface area contributed by atoms with Crippen LogP contribution >= 0.6 is 0 Å². The summed E-state index contributed by atoms with van der Waals surface area (Å²) in [7, 11) is 0. The first-order valence-corrected chi connectivity index (χ1v) is 8.59. The first kappa shape index (κ1) is 17.2. The first-order valence-electron chi connectivity index (χ1n) is 8.59. The largest absolute Gasteiger partial charge is 0.467 e. The van der Waals surface area contributed by atoms with E-state index in [1.165, 1.54) is 5.56 Å². The van der Waals surface area contributed by atoms with E-state index in [4.69, 9.17) is 4.42 Å². The van der Waals surface area contributed by atoms with Gasteiger partial charge in [-0.3, -0.25) is 15.0 Å². The Labute approximate surface area is 147 Å². The predicted molar refractivity (Wildman–Crippen MR) is 93.8 cm³/mol. The van der Waals surface area contributed by atoms with Crippen LogP contribution in [-0.2, 0) is 17.8 Å². The third-order valence-electron chi connectivity index (χ3n) is 4.42. The van der Waals surface area contributed by atoms with Gasteiger partial charge in [-0.05, 0) is 43.5 Å². The van der Waals surface area contributed by atoms with Gasteiger partial charge >= 0.3 is 6.03 Å². The number of benzene rings is 1. The van der Waals surface area contributed by atoms with Crippen molar-refractivity contribution in [2.75, 3.05) is 13.1 Å². The predicted octanol–water partition coefficient (Wildman–Crippen LogP) is 2.31. The summed E-state index contributed by atoms with van der Waals surface area (Å²) >= 11 is 0. The number of nitrogens with zero attached hydrogens (tertiary/aromatic N) is 1. The maximum atomic E-state index is 12.1.